The van der Waals surface area contributed by atoms with E-state index in [2.05, 4.69) is 4.72 Å². The van der Waals surface area contributed by atoms with Gasteiger partial charge in [-0.2, -0.15) is 0 Å². The van der Waals surface area contributed by atoms with Crippen molar-refractivity contribution in [3.05, 3.63) is 95.3 Å². The van der Waals surface area contributed by atoms with Crippen LogP contribution in [0.25, 0.3) is 0 Å². The van der Waals surface area contributed by atoms with Crippen LogP contribution in [0.1, 0.15) is 31.1 Å². The summed E-state index contributed by atoms with van der Waals surface area (Å²) in [4.78, 5) is 41.6. The largest absolute Gasteiger partial charge is 0.363 e. The molecule has 0 saturated heterocycles. The molecule has 4 rings (SSSR count). The monoisotopic (exact) mass is 440 g/mol. The average molecular weight is 440 g/mol. The number of nitrogens with zero attached hydrogens (tertiary/aromatic N) is 1. The van der Waals surface area contributed by atoms with Gasteiger partial charge in [-0.15, -0.1) is 0 Å². The summed E-state index contributed by atoms with van der Waals surface area (Å²) in [7, 11) is -4.12. The van der Waals surface area contributed by atoms with Gasteiger partial charge in [0.15, 0.2) is 0 Å². The first kappa shape index (κ1) is 20.2. The summed E-state index contributed by atoms with van der Waals surface area (Å²) in [6.45, 7) is 0. The fourth-order valence-corrected chi connectivity index (χ4v) is 3.97. The molecule has 31 heavy (non-hydrogen) atoms. The van der Waals surface area contributed by atoms with E-state index < -0.39 is 33.6 Å². The van der Waals surface area contributed by atoms with Crippen molar-refractivity contribution in [3.8, 4) is 0 Å². The van der Waals surface area contributed by atoms with Crippen molar-refractivity contribution < 1.29 is 32.0 Å². The summed E-state index contributed by atoms with van der Waals surface area (Å²) in [6.07, 6.45) is 0. The molecule has 8 nitrogen and oxygen atoms in total. The molecular weight excluding hydrogens is 427 g/mol. The number of anilines is 1. The first-order valence-corrected chi connectivity index (χ1v) is 10.3. The molecule has 10 heteroatoms. The Bertz CT molecular complexity index is 1290. The smallest absolute Gasteiger partial charge is 0.324 e. The molecular formula is C21H13FN2O6S. The zero-order chi connectivity index (χ0) is 22.2. The van der Waals surface area contributed by atoms with Crippen molar-refractivity contribution in [2.75, 3.05) is 4.72 Å². The average Bonchev–Trinajstić information content (AvgIpc) is 3.00. The number of benzene rings is 3. The number of para-hydroxylation sites is 1. The number of hydrogen-bond donors (Lipinski definition) is 1. The third-order valence-electron chi connectivity index (χ3n) is 4.45. The lowest BCUT2D eigenvalue weighted by molar-refractivity contribution is -0.0584. The van der Waals surface area contributed by atoms with Crippen LogP contribution in [0.2, 0.25) is 0 Å². The van der Waals surface area contributed by atoms with E-state index in [0.29, 0.717) is 5.06 Å². The lowest BCUT2D eigenvalue weighted by Crippen LogP contribution is -2.32. The molecule has 0 fully saturated rings. The van der Waals surface area contributed by atoms with Crippen LogP contribution >= 0.6 is 0 Å². The number of hydrogen-bond acceptors (Lipinski definition) is 6. The molecule has 3 aromatic carbocycles. The van der Waals surface area contributed by atoms with Crippen LogP contribution in [-0.2, 0) is 14.9 Å². The van der Waals surface area contributed by atoms with Gasteiger partial charge in [0.25, 0.3) is 21.8 Å². The number of amides is 2. The number of hydroxylamine groups is 2. The van der Waals surface area contributed by atoms with Gasteiger partial charge in [0, 0.05) is 0 Å². The molecule has 0 unspecified atom stereocenters. The lowest BCUT2D eigenvalue weighted by atomic mass is 10.1. The maximum atomic E-state index is 13.7. The molecule has 0 spiro atoms. The minimum atomic E-state index is -4.12. The molecule has 156 valence electrons. The molecule has 1 N–H and O–H groups in total. The standard InChI is InChI=1S/C21H13FN2O6S/c22-17-7-3-4-8-18(17)23-31(28,29)14-11-9-13(10-12-14)21(27)30-24-19(25)15-5-1-2-6-16(15)20(24)26/h1-12,23H. The van der Waals surface area contributed by atoms with Crippen LogP contribution in [-0.4, -0.2) is 31.3 Å². The van der Waals surface area contributed by atoms with E-state index in [-0.39, 0.29) is 27.3 Å². The topological polar surface area (TPSA) is 110 Å². The SMILES string of the molecule is O=C(ON1C(=O)c2ccccc2C1=O)c1ccc(S(=O)(=O)Nc2ccccc2F)cc1. The molecule has 0 saturated carbocycles. The second-order valence-electron chi connectivity index (χ2n) is 6.44. The maximum Gasteiger partial charge on any atom is 0.363 e. The highest BCUT2D eigenvalue weighted by molar-refractivity contribution is 7.92. The van der Waals surface area contributed by atoms with E-state index in [1.54, 1.807) is 12.1 Å². The first-order valence-electron chi connectivity index (χ1n) is 8.85. The number of imide groups is 1. The van der Waals surface area contributed by atoms with E-state index >= 15 is 0 Å². The Hall–Kier alpha value is -4.05. The van der Waals surface area contributed by atoms with Crippen LogP contribution < -0.4 is 4.72 Å². The van der Waals surface area contributed by atoms with Crippen LogP contribution in [0, 0.1) is 5.82 Å². The van der Waals surface area contributed by atoms with Crippen molar-refractivity contribution in [2.24, 2.45) is 0 Å². The number of sulfonamides is 1. The molecule has 0 radical (unpaired) electrons. The summed E-state index contributed by atoms with van der Waals surface area (Å²) >= 11 is 0. The summed E-state index contributed by atoms with van der Waals surface area (Å²) < 4.78 is 40.7. The third kappa shape index (κ3) is 3.76. The van der Waals surface area contributed by atoms with Gasteiger partial charge in [-0.05, 0) is 48.5 Å². The summed E-state index contributed by atoms with van der Waals surface area (Å²) in [5, 5.41) is 0.359. The van der Waals surface area contributed by atoms with Gasteiger partial charge < -0.3 is 4.84 Å². The van der Waals surface area contributed by atoms with E-state index in [9.17, 15) is 27.2 Å². The molecule has 2 amide bonds. The fraction of sp³-hybridized carbons (Fsp3) is 0. The van der Waals surface area contributed by atoms with Crippen molar-refractivity contribution in [1.29, 1.82) is 0 Å². The highest BCUT2D eigenvalue weighted by atomic mass is 32.2. The third-order valence-corrected chi connectivity index (χ3v) is 5.83. The minimum absolute atomic E-state index is 0.0959. The van der Waals surface area contributed by atoms with Gasteiger partial charge >= 0.3 is 5.97 Å². The number of halogens is 1. The molecule has 0 aliphatic carbocycles. The Morgan fingerprint density at radius 3 is 1.97 bits per heavy atom. The van der Waals surface area contributed by atoms with E-state index in [1.165, 1.54) is 30.3 Å². The molecule has 1 aliphatic heterocycles. The van der Waals surface area contributed by atoms with Crippen molar-refractivity contribution in [3.63, 3.8) is 0 Å². The van der Waals surface area contributed by atoms with E-state index in [4.69, 9.17) is 4.84 Å². The quantitative estimate of drug-likeness (QED) is 0.611. The maximum absolute atomic E-state index is 13.7. The Morgan fingerprint density at radius 1 is 0.839 bits per heavy atom. The van der Waals surface area contributed by atoms with Crippen LogP contribution in [0.5, 0.6) is 0 Å². The van der Waals surface area contributed by atoms with Gasteiger partial charge in [0.1, 0.15) is 5.82 Å². The number of rotatable bonds is 5. The van der Waals surface area contributed by atoms with Crippen molar-refractivity contribution >= 4 is 33.5 Å². The second kappa shape index (κ2) is 7.65. The summed E-state index contributed by atoms with van der Waals surface area (Å²) in [5.41, 5.74) is -0.0973. The molecule has 0 bridgehead atoms. The summed E-state index contributed by atoms with van der Waals surface area (Å²) in [5.74, 6) is -3.32. The number of carbonyl (C=O) groups excluding carboxylic acids is 3. The van der Waals surface area contributed by atoms with Crippen LogP contribution in [0.15, 0.2) is 77.7 Å². The summed E-state index contributed by atoms with van der Waals surface area (Å²) in [6, 6.07) is 15.8. The van der Waals surface area contributed by atoms with Gasteiger partial charge in [-0.1, -0.05) is 29.3 Å². The van der Waals surface area contributed by atoms with Crippen LogP contribution in [0.3, 0.4) is 0 Å². The Labute approximate surface area is 175 Å². The van der Waals surface area contributed by atoms with Gasteiger partial charge in [-0.25, -0.2) is 17.6 Å². The molecule has 1 heterocycles. The van der Waals surface area contributed by atoms with E-state index in [1.807, 2.05) is 0 Å². The fourth-order valence-electron chi connectivity index (χ4n) is 2.90. The lowest BCUT2D eigenvalue weighted by Gasteiger charge is -2.13. The van der Waals surface area contributed by atoms with Gasteiger partial charge in [-0.3, -0.25) is 14.3 Å². The highest BCUT2D eigenvalue weighted by Crippen LogP contribution is 2.24. The van der Waals surface area contributed by atoms with Crippen LogP contribution in [0.4, 0.5) is 10.1 Å². The number of fused-ring (bicyclic) bond motifs is 1. The molecule has 3 aromatic rings. The Morgan fingerprint density at radius 2 is 1.39 bits per heavy atom. The Kier molecular flexibility index (Phi) is 4.99. The second-order valence-corrected chi connectivity index (χ2v) is 8.12. The van der Waals surface area contributed by atoms with Gasteiger partial charge in [0.05, 0.1) is 27.3 Å². The highest BCUT2D eigenvalue weighted by Gasteiger charge is 2.38. The predicted octanol–water partition coefficient (Wildman–Crippen LogP) is 2.99. The zero-order valence-electron chi connectivity index (χ0n) is 15.6. The van der Waals surface area contributed by atoms with E-state index in [0.717, 1.165) is 30.3 Å². The van der Waals surface area contributed by atoms with Crippen molar-refractivity contribution in [2.45, 2.75) is 4.90 Å². The Balaban J connectivity index is 1.50. The number of nitrogens with one attached hydrogen (secondary N) is 1. The number of carbonyl (C=O) groups is 3. The first-order chi connectivity index (χ1) is 14.8. The molecule has 0 aromatic heterocycles. The predicted molar refractivity (Wildman–Crippen MR) is 106 cm³/mol. The van der Waals surface area contributed by atoms with Crippen molar-refractivity contribution in [1.82, 2.24) is 5.06 Å². The minimum Gasteiger partial charge on any atom is -0.324 e. The molecule has 1 aliphatic rings. The van der Waals surface area contributed by atoms with Gasteiger partial charge in [0.2, 0.25) is 0 Å². The normalized spacial score (nSPS) is 13.1. The molecule has 0 atom stereocenters. The zero-order valence-corrected chi connectivity index (χ0v) is 16.4.